The predicted octanol–water partition coefficient (Wildman–Crippen LogP) is 3.46. The van der Waals surface area contributed by atoms with Crippen molar-refractivity contribution in [1.82, 2.24) is 4.90 Å². The maximum absolute atomic E-state index is 12.8. The number of methoxy groups -OCH3 is 1. The molecule has 26 heavy (non-hydrogen) atoms. The van der Waals surface area contributed by atoms with Gasteiger partial charge in [0.1, 0.15) is 5.75 Å². The molecule has 1 amide bonds. The second kappa shape index (κ2) is 7.83. The van der Waals surface area contributed by atoms with Crippen LogP contribution in [0.5, 0.6) is 5.75 Å². The van der Waals surface area contributed by atoms with Crippen molar-refractivity contribution in [2.45, 2.75) is 30.0 Å². The average molecular weight is 371 g/mol. The van der Waals surface area contributed by atoms with E-state index in [1.165, 1.54) is 11.8 Å². The van der Waals surface area contributed by atoms with Crippen molar-refractivity contribution in [2.24, 2.45) is 0 Å². The zero-order valence-electron chi connectivity index (χ0n) is 14.8. The van der Waals surface area contributed by atoms with Crippen LogP contribution in [0.2, 0.25) is 0 Å². The third-order valence-corrected chi connectivity index (χ3v) is 5.60. The van der Waals surface area contributed by atoms with Gasteiger partial charge in [-0.3, -0.25) is 4.79 Å². The van der Waals surface area contributed by atoms with E-state index in [-0.39, 0.29) is 16.7 Å². The van der Waals surface area contributed by atoms with Crippen LogP contribution in [0.15, 0.2) is 47.4 Å². The van der Waals surface area contributed by atoms with Gasteiger partial charge >= 0.3 is 5.97 Å². The van der Waals surface area contributed by atoms with Crippen molar-refractivity contribution >= 4 is 23.6 Å². The van der Waals surface area contributed by atoms with Crippen molar-refractivity contribution in [3.8, 4) is 5.75 Å². The summed E-state index contributed by atoms with van der Waals surface area (Å²) in [7, 11) is 1.62. The first kappa shape index (κ1) is 18.3. The Hall–Kier alpha value is -2.47. The first-order valence-electron chi connectivity index (χ1n) is 8.42. The summed E-state index contributed by atoms with van der Waals surface area (Å²) < 4.78 is 5.15. The first-order chi connectivity index (χ1) is 12.5. The number of benzene rings is 2. The van der Waals surface area contributed by atoms with E-state index in [4.69, 9.17) is 9.84 Å². The van der Waals surface area contributed by atoms with Crippen molar-refractivity contribution in [2.75, 3.05) is 13.7 Å². The summed E-state index contributed by atoms with van der Waals surface area (Å²) in [4.78, 5) is 26.8. The van der Waals surface area contributed by atoms with Gasteiger partial charge in [-0.1, -0.05) is 6.07 Å². The van der Waals surface area contributed by atoms with E-state index in [1.807, 2.05) is 42.2 Å². The molecule has 0 saturated carbocycles. The number of aromatic carboxylic acids is 1. The highest BCUT2D eigenvalue weighted by atomic mass is 32.2. The Morgan fingerprint density at radius 2 is 1.88 bits per heavy atom. The number of hydrogen-bond donors (Lipinski definition) is 1. The van der Waals surface area contributed by atoms with Gasteiger partial charge < -0.3 is 14.7 Å². The van der Waals surface area contributed by atoms with Crippen LogP contribution in [0.1, 0.15) is 28.4 Å². The normalized spacial score (nSPS) is 14.5. The van der Waals surface area contributed by atoms with Crippen LogP contribution in [0.25, 0.3) is 0 Å². The van der Waals surface area contributed by atoms with Crippen molar-refractivity contribution in [3.63, 3.8) is 0 Å². The molecule has 0 fully saturated rings. The lowest BCUT2D eigenvalue weighted by Crippen LogP contribution is -2.40. The minimum absolute atomic E-state index is 0.0668. The molecular weight excluding hydrogens is 350 g/mol. The minimum Gasteiger partial charge on any atom is -0.497 e. The fourth-order valence-corrected chi connectivity index (χ4v) is 4.00. The van der Waals surface area contributed by atoms with Gasteiger partial charge in [-0.25, -0.2) is 4.79 Å². The predicted molar refractivity (Wildman–Crippen MR) is 101 cm³/mol. The number of rotatable bonds is 5. The molecular formula is C20H21NO4S. The van der Waals surface area contributed by atoms with E-state index in [1.54, 1.807) is 19.2 Å². The molecule has 1 heterocycles. The van der Waals surface area contributed by atoms with E-state index in [9.17, 15) is 9.59 Å². The highest BCUT2D eigenvalue weighted by Gasteiger charge is 2.25. The van der Waals surface area contributed by atoms with Crippen LogP contribution in [-0.2, 0) is 17.8 Å². The monoisotopic (exact) mass is 371 g/mol. The lowest BCUT2D eigenvalue weighted by atomic mass is 9.97. The zero-order valence-corrected chi connectivity index (χ0v) is 15.6. The van der Waals surface area contributed by atoms with E-state index in [0.717, 1.165) is 28.2 Å². The molecule has 0 bridgehead atoms. The van der Waals surface area contributed by atoms with Crippen LogP contribution in [-0.4, -0.2) is 40.8 Å². The molecule has 2 aromatic carbocycles. The number of fused-ring (bicyclic) bond motifs is 1. The third kappa shape index (κ3) is 4.02. The van der Waals surface area contributed by atoms with Gasteiger partial charge in [0, 0.05) is 18.0 Å². The SMILES string of the molecule is COc1ccc(SC(C)C(=O)N2CCc3ccc(C(=O)O)cc3C2)cc1. The topological polar surface area (TPSA) is 66.8 Å². The lowest BCUT2D eigenvalue weighted by Gasteiger charge is -2.31. The van der Waals surface area contributed by atoms with Crippen molar-refractivity contribution in [1.29, 1.82) is 0 Å². The van der Waals surface area contributed by atoms with Crippen LogP contribution >= 0.6 is 11.8 Å². The fourth-order valence-electron chi connectivity index (χ4n) is 3.04. The maximum atomic E-state index is 12.8. The van der Waals surface area contributed by atoms with Crippen molar-refractivity contribution in [3.05, 3.63) is 59.2 Å². The quantitative estimate of drug-likeness (QED) is 0.816. The van der Waals surface area contributed by atoms with E-state index >= 15 is 0 Å². The van der Waals surface area contributed by atoms with E-state index in [0.29, 0.717) is 13.1 Å². The van der Waals surface area contributed by atoms with Crippen LogP contribution in [0.4, 0.5) is 0 Å². The summed E-state index contributed by atoms with van der Waals surface area (Å²) in [6, 6.07) is 12.8. The number of ether oxygens (including phenoxy) is 1. The Bertz CT molecular complexity index is 819. The largest absolute Gasteiger partial charge is 0.497 e. The number of thioether (sulfide) groups is 1. The molecule has 0 aliphatic carbocycles. The zero-order chi connectivity index (χ0) is 18.7. The number of carbonyl (C=O) groups is 2. The van der Waals surface area contributed by atoms with E-state index < -0.39 is 5.97 Å². The molecule has 0 spiro atoms. The first-order valence-corrected chi connectivity index (χ1v) is 9.30. The standard InChI is InChI=1S/C20H21NO4S/c1-13(26-18-7-5-17(25-2)6-8-18)19(22)21-10-9-14-3-4-15(20(23)24)11-16(14)12-21/h3-8,11,13H,9-10,12H2,1-2H3,(H,23,24). The Morgan fingerprint density at radius 3 is 2.54 bits per heavy atom. The van der Waals surface area contributed by atoms with Crippen LogP contribution in [0, 0.1) is 0 Å². The number of nitrogens with zero attached hydrogens (tertiary/aromatic N) is 1. The molecule has 1 aliphatic rings. The Kier molecular flexibility index (Phi) is 5.52. The molecule has 3 rings (SSSR count). The molecule has 136 valence electrons. The lowest BCUT2D eigenvalue weighted by molar-refractivity contribution is -0.131. The Balaban J connectivity index is 1.67. The van der Waals surface area contributed by atoms with Crippen LogP contribution < -0.4 is 4.74 Å². The molecule has 1 atom stereocenters. The van der Waals surface area contributed by atoms with Crippen LogP contribution in [0.3, 0.4) is 0 Å². The minimum atomic E-state index is -0.945. The average Bonchev–Trinajstić information content (AvgIpc) is 2.67. The number of carboxylic acid groups (broad SMARTS) is 1. The molecule has 1 N–H and O–H groups in total. The summed E-state index contributed by atoms with van der Waals surface area (Å²) in [6.07, 6.45) is 0.751. The fraction of sp³-hybridized carbons (Fsp3) is 0.300. The summed E-state index contributed by atoms with van der Waals surface area (Å²) in [5, 5.41) is 8.94. The van der Waals surface area contributed by atoms with Gasteiger partial charge in [-0.05, 0) is 60.9 Å². The van der Waals surface area contributed by atoms with Gasteiger partial charge in [0.25, 0.3) is 0 Å². The molecule has 2 aromatic rings. The molecule has 6 heteroatoms. The van der Waals surface area contributed by atoms with E-state index in [2.05, 4.69) is 0 Å². The second-order valence-electron chi connectivity index (χ2n) is 6.23. The number of amides is 1. The molecule has 1 unspecified atom stereocenters. The molecule has 5 nitrogen and oxygen atoms in total. The Labute approximate surface area is 157 Å². The molecule has 0 aromatic heterocycles. The Morgan fingerprint density at radius 1 is 1.15 bits per heavy atom. The number of carbonyl (C=O) groups excluding carboxylic acids is 1. The van der Waals surface area contributed by atoms with Gasteiger partial charge in [0.15, 0.2) is 0 Å². The molecule has 1 aliphatic heterocycles. The smallest absolute Gasteiger partial charge is 0.335 e. The maximum Gasteiger partial charge on any atom is 0.335 e. The summed E-state index contributed by atoms with van der Waals surface area (Å²) in [5.41, 5.74) is 2.30. The molecule has 0 radical (unpaired) electrons. The third-order valence-electron chi connectivity index (χ3n) is 4.50. The van der Waals surface area contributed by atoms with Gasteiger partial charge in [-0.15, -0.1) is 11.8 Å². The summed E-state index contributed by atoms with van der Waals surface area (Å²) >= 11 is 1.51. The summed E-state index contributed by atoms with van der Waals surface area (Å²) in [5.74, 6) is -0.0907. The van der Waals surface area contributed by atoms with Crippen molar-refractivity contribution < 1.29 is 19.4 Å². The highest BCUT2D eigenvalue weighted by molar-refractivity contribution is 8.00. The number of carboxylic acids is 1. The second-order valence-corrected chi connectivity index (χ2v) is 7.65. The molecule has 0 saturated heterocycles. The number of hydrogen-bond acceptors (Lipinski definition) is 4. The summed E-state index contributed by atoms with van der Waals surface area (Å²) in [6.45, 7) is 3.02. The highest BCUT2D eigenvalue weighted by Crippen LogP contribution is 2.28. The van der Waals surface area contributed by atoms with Gasteiger partial charge in [0.05, 0.1) is 17.9 Å². The van der Waals surface area contributed by atoms with Gasteiger partial charge in [-0.2, -0.15) is 0 Å². The van der Waals surface area contributed by atoms with Gasteiger partial charge in [0.2, 0.25) is 5.91 Å².